The molecular weight excluding hydrogens is 435 g/mol. The van der Waals surface area contributed by atoms with E-state index in [0.717, 1.165) is 34.1 Å². The van der Waals surface area contributed by atoms with E-state index in [-0.39, 0.29) is 17.8 Å². The van der Waals surface area contributed by atoms with Crippen LogP contribution in [-0.4, -0.2) is 39.9 Å². The molecule has 4 rings (SSSR count). The summed E-state index contributed by atoms with van der Waals surface area (Å²) < 4.78 is 13.4. The molecule has 5 nitrogen and oxygen atoms in total. The molecule has 162 valence electrons. The number of piperidine rings is 1. The van der Waals surface area contributed by atoms with Crippen molar-refractivity contribution in [1.29, 1.82) is 0 Å². The summed E-state index contributed by atoms with van der Waals surface area (Å²) in [5.41, 5.74) is 1.25. The van der Waals surface area contributed by atoms with Crippen LogP contribution in [0.5, 0.6) is 0 Å². The lowest BCUT2D eigenvalue weighted by atomic mass is 9.90. The summed E-state index contributed by atoms with van der Waals surface area (Å²) in [7, 11) is 0. The highest BCUT2D eigenvalue weighted by atomic mass is 35.5. The van der Waals surface area contributed by atoms with Crippen molar-refractivity contribution in [1.82, 2.24) is 14.9 Å². The van der Waals surface area contributed by atoms with Crippen molar-refractivity contribution in [3.8, 4) is 10.4 Å². The zero-order valence-electron chi connectivity index (χ0n) is 17.4. The normalized spacial score (nSPS) is 18.8. The van der Waals surface area contributed by atoms with Gasteiger partial charge in [0.2, 0.25) is 0 Å². The Balaban J connectivity index is 1.58. The first-order chi connectivity index (χ1) is 14.9. The number of hydrogen-bond acceptors (Lipinski definition) is 5. The van der Waals surface area contributed by atoms with E-state index in [2.05, 4.69) is 22.2 Å². The molecule has 1 fully saturated rings. The molecule has 0 radical (unpaired) electrons. The van der Waals surface area contributed by atoms with Crippen LogP contribution in [-0.2, 0) is 0 Å². The molecule has 1 aromatic carbocycles. The Labute approximate surface area is 190 Å². The van der Waals surface area contributed by atoms with Crippen LogP contribution in [0.1, 0.15) is 35.3 Å². The molecule has 0 aliphatic carbocycles. The second-order valence-electron chi connectivity index (χ2n) is 7.85. The summed E-state index contributed by atoms with van der Waals surface area (Å²) >= 11 is 7.38. The number of carbonyl (C=O) groups excluding carboxylic acids is 1. The van der Waals surface area contributed by atoms with Crippen LogP contribution in [0.3, 0.4) is 0 Å². The van der Waals surface area contributed by atoms with Crippen LogP contribution < -0.4 is 5.32 Å². The minimum absolute atomic E-state index is 0.0156. The van der Waals surface area contributed by atoms with Gasteiger partial charge in [-0.1, -0.05) is 30.7 Å². The lowest BCUT2D eigenvalue weighted by Crippen LogP contribution is -2.51. The fraction of sp³-hybridized carbons (Fsp3) is 0.348. The fourth-order valence-electron chi connectivity index (χ4n) is 4.01. The molecule has 1 aliphatic heterocycles. The number of likely N-dealkylation sites (tertiary alicyclic amines) is 1. The third-order valence-corrected chi connectivity index (χ3v) is 6.88. The van der Waals surface area contributed by atoms with Gasteiger partial charge in [-0.15, -0.1) is 11.3 Å². The van der Waals surface area contributed by atoms with Gasteiger partial charge in [0.1, 0.15) is 17.3 Å². The van der Waals surface area contributed by atoms with Crippen LogP contribution in [0, 0.1) is 18.7 Å². The average Bonchev–Trinajstić information content (AvgIpc) is 3.15. The Kier molecular flexibility index (Phi) is 6.53. The smallest absolute Gasteiger partial charge is 0.274 e. The number of nitrogens with zero attached hydrogens (tertiary/aromatic N) is 3. The predicted molar refractivity (Wildman–Crippen MR) is 123 cm³/mol. The number of halogens is 2. The van der Waals surface area contributed by atoms with Crippen molar-refractivity contribution in [3.05, 3.63) is 64.1 Å². The Morgan fingerprint density at radius 3 is 2.77 bits per heavy atom. The largest absolute Gasteiger partial charge is 0.368 e. The van der Waals surface area contributed by atoms with E-state index in [1.165, 1.54) is 23.5 Å². The van der Waals surface area contributed by atoms with Crippen molar-refractivity contribution in [2.75, 3.05) is 18.4 Å². The number of amides is 1. The molecule has 1 saturated heterocycles. The number of nitrogens with one attached hydrogen (secondary N) is 1. The highest BCUT2D eigenvalue weighted by molar-refractivity contribution is 7.15. The van der Waals surface area contributed by atoms with Gasteiger partial charge in [0.05, 0.1) is 20.9 Å². The molecule has 0 saturated carbocycles. The standard InChI is InChI=1S/C23H24ClFN4OS/c1-14-4-3-11-29(19(14)13-27-20-10-7-17(24)12-26-20)23(30)21-22(31-15(2)28-21)16-5-8-18(25)9-6-16/h5-10,12,14,19H,3-4,11,13H2,1-2H3,(H,26,27). The van der Waals surface area contributed by atoms with E-state index < -0.39 is 0 Å². The topological polar surface area (TPSA) is 58.1 Å². The average molecular weight is 459 g/mol. The van der Waals surface area contributed by atoms with Gasteiger partial charge in [-0.25, -0.2) is 14.4 Å². The van der Waals surface area contributed by atoms with Crippen molar-refractivity contribution in [3.63, 3.8) is 0 Å². The number of pyridine rings is 1. The summed E-state index contributed by atoms with van der Waals surface area (Å²) in [5, 5.41) is 4.74. The van der Waals surface area contributed by atoms with Crippen LogP contribution in [0.4, 0.5) is 10.2 Å². The van der Waals surface area contributed by atoms with E-state index in [1.54, 1.807) is 24.4 Å². The summed E-state index contributed by atoms with van der Waals surface area (Å²) in [5.74, 6) is 0.688. The van der Waals surface area contributed by atoms with Gasteiger partial charge in [-0.3, -0.25) is 4.79 Å². The minimum Gasteiger partial charge on any atom is -0.368 e. The van der Waals surface area contributed by atoms with Crippen LogP contribution in [0.2, 0.25) is 5.02 Å². The zero-order valence-corrected chi connectivity index (χ0v) is 19.0. The monoisotopic (exact) mass is 458 g/mol. The van der Waals surface area contributed by atoms with Gasteiger partial charge in [-0.2, -0.15) is 0 Å². The SMILES string of the molecule is Cc1nc(C(=O)N2CCCC(C)C2CNc2ccc(Cl)cn2)c(-c2ccc(F)cc2)s1. The maximum absolute atomic E-state index is 13.6. The van der Waals surface area contributed by atoms with Gasteiger partial charge < -0.3 is 10.2 Å². The van der Waals surface area contributed by atoms with Gasteiger partial charge in [0.15, 0.2) is 0 Å². The van der Waals surface area contributed by atoms with E-state index in [4.69, 9.17) is 11.6 Å². The van der Waals surface area contributed by atoms with Crippen molar-refractivity contribution in [2.24, 2.45) is 5.92 Å². The zero-order chi connectivity index (χ0) is 22.0. The summed E-state index contributed by atoms with van der Waals surface area (Å²) in [6.45, 7) is 5.34. The van der Waals surface area contributed by atoms with E-state index in [0.29, 0.717) is 29.7 Å². The van der Waals surface area contributed by atoms with Gasteiger partial charge in [0.25, 0.3) is 5.91 Å². The maximum Gasteiger partial charge on any atom is 0.274 e. The Bertz CT molecular complexity index is 1050. The van der Waals surface area contributed by atoms with E-state index in [1.807, 2.05) is 17.9 Å². The number of thiazole rings is 1. The Morgan fingerprint density at radius 1 is 1.29 bits per heavy atom. The number of rotatable bonds is 5. The van der Waals surface area contributed by atoms with Crippen LogP contribution >= 0.6 is 22.9 Å². The van der Waals surface area contributed by atoms with E-state index >= 15 is 0 Å². The molecule has 3 heterocycles. The van der Waals surface area contributed by atoms with Crippen molar-refractivity contribution < 1.29 is 9.18 Å². The summed E-state index contributed by atoms with van der Waals surface area (Å²) in [6, 6.07) is 9.85. The Hall–Kier alpha value is -2.51. The molecule has 1 N–H and O–H groups in total. The molecule has 2 aromatic heterocycles. The number of benzene rings is 1. The predicted octanol–water partition coefficient (Wildman–Crippen LogP) is 5.66. The third kappa shape index (κ3) is 4.88. The second kappa shape index (κ2) is 9.32. The van der Waals surface area contributed by atoms with E-state index in [9.17, 15) is 9.18 Å². The highest BCUT2D eigenvalue weighted by Crippen LogP contribution is 2.33. The molecule has 3 aromatic rings. The van der Waals surface area contributed by atoms with Crippen LogP contribution in [0.25, 0.3) is 10.4 Å². The molecule has 2 atom stereocenters. The quantitative estimate of drug-likeness (QED) is 0.536. The first-order valence-corrected chi connectivity index (χ1v) is 11.5. The van der Waals surface area contributed by atoms with Crippen LogP contribution in [0.15, 0.2) is 42.6 Å². The number of aryl methyl sites for hydroxylation is 1. The lowest BCUT2D eigenvalue weighted by molar-refractivity contribution is 0.0535. The fourth-order valence-corrected chi connectivity index (χ4v) is 5.03. The highest BCUT2D eigenvalue weighted by Gasteiger charge is 2.34. The summed E-state index contributed by atoms with van der Waals surface area (Å²) in [6.07, 6.45) is 3.62. The number of carbonyl (C=O) groups is 1. The molecule has 1 aliphatic rings. The molecular formula is C23H24ClFN4OS. The molecule has 8 heteroatoms. The molecule has 1 amide bonds. The van der Waals surface area contributed by atoms with Gasteiger partial charge >= 0.3 is 0 Å². The first kappa shape index (κ1) is 21.7. The number of anilines is 1. The summed E-state index contributed by atoms with van der Waals surface area (Å²) in [4.78, 5) is 25.2. The van der Waals surface area contributed by atoms with Crippen molar-refractivity contribution in [2.45, 2.75) is 32.7 Å². The Morgan fingerprint density at radius 2 is 2.06 bits per heavy atom. The second-order valence-corrected chi connectivity index (χ2v) is 9.49. The molecule has 31 heavy (non-hydrogen) atoms. The lowest BCUT2D eigenvalue weighted by Gasteiger charge is -2.40. The number of hydrogen-bond donors (Lipinski definition) is 1. The molecule has 2 unspecified atom stereocenters. The van der Waals surface area contributed by atoms with Gasteiger partial charge in [-0.05, 0) is 55.5 Å². The maximum atomic E-state index is 13.6. The van der Waals surface area contributed by atoms with Gasteiger partial charge in [0, 0.05) is 19.3 Å². The first-order valence-electron chi connectivity index (χ1n) is 10.3. The molecule has 0 spiro atoms. The third-order valence-electron chi connectivity index (χ3n) is 5.64. The molecule has 0 bridgehead atoms. The minimum atomic E-state index is -0.301. The number of aromatic nitrogens is 2. The van der Waals surface area contributed by atoms with Crippen molar-refractivity contribution >= 4 is 34.7 Å².